The van der Waals surface area contributed by atoms with Gasteiger partial charge in [0.25, 0.3) is 5.56 Å². The Morgan fingerprint density at radius 2 is 1.79 bits per heavy atom. The maximum absolute atomic E-state index is 12.7. The Labute approximate surface area is 166 Å². The highest BCUT2D eigenvalue weighted by Crippen LogP contribution is 2.31. The van der Waals surface area contributed by atoms with E-state index in [1.165, 1.54) is 5.56 Å². The highest BCUT2D eigenvalue weighted by Gasteiger charge is 2.16. The Balaban J connectivity index is 1.71. The smallest absolute Gasteiger partial charge is 0.260 e. The van der Waals surface area contributed by atoms with Crippen LogP contribution >= 0.6 is 11.3 Å². The molecule has 2 aromatic carbocycles. The molecule has 28 heavy (non-hydrogen) atoms. The second-order valence-electron chi connectivity index (χ2n) is 7.05. The number of thiophene rings is 1. The molecule has 5 aromatic rings. The van der Waals surface area contributed by atoms with Gasteiger partial charge in [0.2, 0.25) is 0 Å². The Morgan fingerprint density at radius 3 is 2.61 bits per heavy atom. The third-order valence-corrected chi connectivity index (χ3v) is 6.38. The summed E-state index contributed by atoms with van der Waals surface area (Å²) in [5.74, 6) is 0.627. The Bertz CT molecular complexity index is 1380. The van der Waals surface area contributed by atoms with E-state index in [9.17, 15) is 4.79 Å². The second kappa shape index (κ2) is 6.46. The minimum Gasteiger partial charge on any atom is -0.342 e. The fourth-order valence-electron chi connectivity index (χ4n) is 3.73. The molecule has 5 rings (SSSR count). The predicted molar refractivity (Wildman–Crippen MR) is 116 cm³/mol. The molecule has 0 bridgehead atoms. The normalized spacial score (nSPS) is 11.5. The van der Waals surface area contributed by atoms with Gasteiger partial charge in [0.15, 0.2) is 0 Å². The predicted octanol–water partition coefficient (Wildman–Crippen LogP) is 5.27. The summed E-state index contributed by atoms with van der Waals surface area (Å²) in [7, 11) is 0. The zero-order valence-electron chi connectivity index (χ0n) is 15.7. The van der Waals surface area contributed by atoms with Crippen LogP contribution in [0.3, 0.4) is 0 Å². The number of benzene rings is 2. The van der Waals surface area contributed by atoms with E-state index < -0.39 is 0 Å². The Hall–Kier alpha value is -3.18. The molecule has 0 saturated carbocycles. The lowest BCUT2D eigenvalue weighted by Gasteiger charge is -2.05. The summed E-state index contributed by atoms with van der Waals surface area (Å²) in [6.45, 7) is 4.79. The number of aromatic nitrogens is 3. The maximum Gasteiger partial charge on any atom is 0.260 e. The summed E-state index contributed by atoms with van der Waals surface area (Å²) in [6.07, 6.45) is 2.09. The summed E-state index contributed by atoms with van der Waals surface area (Å²) in [6, 6.07) is 18.6. The molecule has 4 nitrogen and oxygen atoms in total. The molecule has 0 spiro atoms. The number of nitrogens with one attached hydrogen (secondary N) is 1. The molecule has 0 aliphatic rings. The van der Waals surface area contributed by atoms with Crippen LogP contribution in [0.15, 0.2) is 65.6 Å². The second-order valence-corrected chi connectivity index (χ2v) is 8.25. The van der Waals surface area contributed by atoms with E-state index in [-0.39, 0.29) is 5.56 Å². The molecule has 0 fully saturated rings. The molecule has 5 heteroatoms. The van der Waals surface area contributed by atoms with E-state index in [2.05, 4.69) is 52.1 Å². The summed E-state index contributed by atoms with van der Waals surface area (Å²) in [5.41, 5.74) is 4.27. The molecule has 0 atom stereocenters. The van der Waals surface area contributed by atoms with Crippen molar-refractivity contribution in [3.8, 4) is 11.4 Å². The molecule has 138 valence electrons. The van der Waals surface area contributed by atoms with Crippen LogP contribution in [0.1, 0.15) is 16.0 Å². The SMILES string of the molecule is Cc1sc2nc(-c3cn(Cc4ccccc4)c4ccccc34)[nH]c(=O)c2c1C. The van der Waals surface area contributed by atoms with Gasteiger partial charge in [-0.15, -0.1) is 11.3 Å². The van der Waals surface area contributed by atoms with E-state index in [1.54, 1.807) is 11.3 Å². The van der Waals surface area contributed by atoms with E-state index >= 15 is 0 Å². The molecular weight excluding hydrogens is 366 g/mol. The molecule has 3 aromatic heterocycles. The third-order valence-electron chi connectivity index (χ3n) is 5.28. The van der Waals surface area contributed by atoms with Gasteiger partial charge in [-0.1, -0.05) is 48.5 Å². The molecule has 0 radical (unpaired) electrons. The van der Waals surface area contributed by atoms with Crippen LogP contribution in [0.4, 0.5) is 0 Å². The van der Waals surface area contributed by atoms with Gasteiger partial charge in [-0.05, 0) is 31.0 Å². The lowest BCUT2D eigenvalue weighted by atomic mass is 10.1. The van der Waals surface area contributed by atoms with Crippen LogP contribution in [-0.2, 0) is 6.54 Å². The standard InChI is InChI=1S/C23H19N3OS/c1-14-15(2)28-23-20(14)22(27)24-21(25-23)18-13-26(12-16-8-4-3-5-9-16)19-11-7-6-10-17(18)19/h3-11,13H,12H2,1-2H3,(H,24,25,27). The van der Waals surface area contributed by atoms with Gasteiger partial charge in [0.05, 0.1) is 5.39 Å². The first-order chi connectivity index (χ1) is 13.6. The highest BCUT2D eigenvalue weighted by molar-refractivity contribution is 7.18. The van der Waals surface area contributed by atoms with Crippen molar-refractivity contribution in [2.24, 2.45) is 0 Å². The molecule has 1 N–H and O–H groups in total. The van der Waals surface area contributed by atoms with Gasteiger partial charge < -0.3 is 9.55 Å². The molecule has 0 aliphatic carbocycles. The lowest BCUT2D eigenvalue weighted by Crippen LogP contribution is -2.09. The first-order valence-corrected chi connectivity index (χ1v) is 10.1. The van der Waals surface area contributed by atoms with E-state index in [1.807, 2.05) is 32.0 Å². The van der Waals surface area contributed by atoms with Crippen molar-refractivity contribution >= 4 is 32.5 Å². The van der Waals surface area contributed by atoms with Gasteiger partial charge in [-0.25, -0.2) is 4.98 Å². The van der Waals surface area contributed by atoms with Crippen LogP contribution in [0.2, 0.25) is 0 Å². The molecule has 0 saturated heterocycles. The van der Waals surface area contributed by atoms with Crippen LogP contribution in [-0.4, -0.2) is 14.5 Å². The highest BCUT2D eigenvalue weighted by atomic mass is 32.1. The lowest BCUT2D eigenvalue weighted by molar-refractivity contribution is 0.837. The molecule has 0 unspecified atom stereocenters. The van der Waals surface area contributed by atoms with Crippen molar-refractivity contribution in [1.82, 2.24) is 14.5 Å². The molecular formula is C23H19N3OS. The number of hydrogen-bond donors (Lipinski definition) is 1. The summed E-state index contributed by atoms with van der Waals surface area (Å²) in [5, 5.41) is 1.80. The third kappa shape index (κ3) is 2.67. The van der Waals surface area contributed by atoms with Crippen LogP contribution in [0.5, 0.6) is 0 Å². The van der Waals surface area contributed by atoms with Gasteiger partial charge in [0.1, 0.15) is 10.7 Å². The minimum atomic E-state index is -0.0678. The summed E-state index contributed by atoms with van der Waals surface area (Å²) in [4.78, 5) is 22.5. The van der Waals surface area contributed by atoms with Crippen molar-refractivity contribution in [2.75, 3.05) is 0 Å². The number of para-hydroxylation sites is 1. The Kier molecular flexibility index (Phi) is 3.91. The van der Waals surface area contributed by atoms with Gasteiger partial charge in [-0.2, -0.15) is 0 Å². The number of aromatic amines is 1. The zero-order chi connectivity index (χ0) is 19.3. The quantitative estimate of drug-likeness (QED) is 0.460. The van der Waals surface area contributed by atoms with Crippen molar-refractivity contribution < 1.29 is 0 Å². The number of hydrogen-bond acceptors (Lipinski definition) is 3. The van der Waals surface area contributed by atoms with Crippen LogP contribution in [0.25, 0.3) is 32.5 Å². The number of fused-ring (bicyclic) bond motifs is 2. The average molecular weight is 385 g/mol. The van der Waals surface area contributed by atoms with Crippen molar-refractivity contribution in [3.63, 3.8) is 0 Å². The first-order valence-electron chi connectivity index (χ1n) is 9.24. The van der Waals surface area contributed by atoms with E-state index in [0.717, 1.165) is 38.3 Å². The van der Waals surface area contributed by atoms with E-state index in [4.69, 9.17) is 4.98 Å². The topological polar surface area (TPSA) is 50.7 Å². The van der Waals surface area contributed by atoms with Crippen molar-refractivity contribution in [2.45, 2.75) is 20.4 Å². The fraction of sp³-hybridized carbons (Fsp3) is 0.130. The number of nitrogens with zero attached hydrogens (tertiary/aromatic N) is 2. The van der Waals surface area contributed by atoms with Crippen LogP contribution in [0, 0.1) is 13.8 Å². The number of rotatable bonds is 3. The molecule has 0 aliphatic heterocycles. The van der Waals surface area contributed by atoms with E-state index in [0.29, 0.717) is 11.2 Å². The monoisotopic (exact) mass is 385 g/mol. The van der Waals surface area contributed by atoms with Gasteiger partial charge in [-0.3, -0.25) is 4.79 Å². The van der Waals surface area contributed by atoms with Crippen LogP contribution < -0.4 is 5.56 Å². The minimum absolute atomic E-state index is 0.0678. The summed E-state index contributed by atoms with van der Waals surface area (Å²) >= 11 is 1.58. The van der Waals surface area contributed by atoms with Gasteiger partial charge >= 0.3 is 0 Å². The Morgan fingerprint density at radius 1 is 1.04 bits per heavy atom. The average Bonchev–Trinajstić information content (AvgIpc) is 3.20. The largest absolute Gasteiger partial charge is 0.342 e. The fourth-order valence-corrected chi connectivity index (χ4v) is 4.76. The summed E-state index contributed by atoms with van der Waals surface area (Å²) < 4.78 is 2.22. The zero-order valence-corrected chi connectivity index (χ0v) is 16.5. The number of aryl methyl sites for hydroxylation is 2. The molecule has 3 heterocycles. The first kappa shape index (κ1) is 17.0. The maximum atomic E-state index is 12.7. The van der Waals surface area contributed by atoms with Gasteiger partial charge in [0, 0.05) is 34.1 Å². The molecule has 0 amide bonds. The van der Waals surface area contributed by atoms with Crippen molar-refractivity contribution in [3.05, 3.63) is 87.2 Å². The van der Waals surface area contributed by atoms with Crippen molar-refractivity contribution in [1.29, 1.82) is 0 Å². The number of H-pyrrole nitrogens is 1.